The maximum absolute atomic E-state index is 11.8. The van der Waals surface area contributed by atoms with E-state index in [1.165, 1.54) is 6.42 Å². The first kappa shape index (κ1) is 14.4. The SMILES string of the molecule is CC(C)C(C(=O)NN)N(C)C1CCCN(C)C1. The highest BCUT2D eigenvalue weighted by Gasteiger charge is 2.32. The summed E-state index contributed by atoms with van der Waals surface area (Å²) in [6, 6.07) is 0.301. The Morgan fingerprint density at radius 2 is 2.18 bits per heavy atom. The standard InChI is InChI=1S/C12H26N4O/c1-9(2)11(12(17)14-13)16(4)10-6-5-7-15(3)8-10/h9-11H,5-8,13H2,1-4H3,(H,14,17). The lowest BCUT2D eigenvalue weighted by Gasteiger charge is -2.40. The Morgan fingerprint density at radius 3 is 2.65 bits per heavy atom. The number of carbonyl (C=O) groups is 1. The van der Waals surface area contributed by atoms with Gasteiger partial charge in [-0.05, 0) is 39.4 Å². The van der Waals surface area contributed by atoms with Crippen molar-refractivity contribution in [3.63, 3.8) is 0 Å². The van der Waals surface area contributed by atoms with Crippen LogP contribution in [0.15, 0.2) is 0 Å². The number of nitrogens with one attached hydrogen (secondary N) is 1. The van der Waals surface area contributed by atoms with Gasteiger partial charge in [-0.3, -0.25) is 15.1 Å². The molecule has 1 fully saturated rings. The third-order valence-electron chi connectivity index (χ3n) is 3.66. The molecule has 0 aliphatic carbocycles. The van der Waals surface area contributed by atoms with Gasteiger partial charge in [-0.2, -0.15) is 0 Å². The van der Waals surface area contributed by atoms with E-state index in [2.05, 4.69) is 36.1 Å². The van der Waals surface area contributed by atoms with Gasteiger partial charge in [-0.1, -0.05) is 13.8 Å². The van der Waals surface area contributed by atoms with Gasteiger partial charge in [0.05, 0.1) is 6.04 Å². The van der Waals surface area contributed by atoms with Crippen LogP contribution in [0.4, 0.5) is 0 Å². The topological polar surface area (TPSA) is 61.6 Å². The molecule has 2 atom stereocenters. The molecule has 1 aliphatic heterocycles. The summed E-state index contributed by atoms with van der Waals surface area (Å²) in [5, 5.41) is 0. The van der Waals surface area contributed by atoms with Crippen LogP contribution in [-0.4, -0.2) is 55.0 Å². The van der Waals surface area contributed by atoms with Crippen LogP contribution in [0.25, 0.3) is 0 Å². The normalized spacial score (nSPS) is 24.1. The number of nitrogens with zero attached hydrogens (tertiary/aromatic N) is 2. The first-order valence-corrected chi connectivity index (χ1v) is 6.38. The Bertz CT molecular complexity index is 257. The lowest BCUT2D eigenvalue weighted by molar-refractivity contribution is -0.129. The van der Waals surface area contributed by atoms with Crippen LogP contribution in [0.2, 0.25) is 0 Å². The average molecular weight is 242 g/mol. The second-order valence-corrected chi connectivity index (χ2v) is 5.42. The zero-order valence-electron chi connectivity index (χ0n) is 11.4. The summed E-state index contributed by atoms with van der Waals surface area (Å²) in [5.41, 5.74) is 2.28. The molecule has 1 heterocycles. The Hall–Kier alpha value is -0.650. The highest BCUT2D eigenvalue weighted by Crippen LogP contribution is 2.19. The van der Waals surface area contributed by atoms with E-state index >= 15 is 0 Å². The highest BCUT2D eigenvalue weighted by atomic mass is 16.2. The largest absolute Gasteiger partial charge is 0.305 e. The molecular weight excluding hydrogens is 216 g/mol. The van der Waals surface area contributed by atoms with Gasteiger partial charge in [-0.15, -0.1) is 0 Å². The predicted molar refractivity (Wildman–Crippen MR) is 69.2 cm³/mol. The van der Waals surface area contributed by atoms with Crippen molar-refractivity contribution >= 4 is 5.91 Å². The quantitative estimate of drug-likeness (QED) is 0.415. The number of hydrogen-bond donors (Lipinski definition) is 2. The van der Waals surface area contributed by atoms with E-state index in [9.17, 15) is 4.79 Å². The smallest absolute Gasteiger partial charge is 0.251 e. The lowest BCUT2D eigenvalue weighted by atomic mass is 9.97. The number of likely N-dealkylation sites (N-methyl/N-ethyl adjacent to an activating group) is 2. The average Bonchev–Trinajstić information content (AvgIpc) is 2.28. The molecule has 0 spiro atoms. The minimum atomic E-state index is -0.142. The molecule has 3 N–H and O–H groups in total. The molecule has 1 amide bonds. The molecule has 17 heavy (non-hydrogen) atoms. The van der Waals surface area contributed by atoms with Gasteiger partial charge < -0.3 is 4.90 Å². The van der Waals surface area contributed by atoms with Crippen molar-refractivity contribution in [2.45, 2.75) is 38.8 Å². The number of hydrazine groups is 1. The fourth-order valence-electron chi connectivity index (χ4n) is 2.74. The van der Waals surface area contributed by atoms with Crippen LogP contribution in [0.3, 0.4) is 0 Å². The van der Waals surface area contributed by atoms with Crippen molar-refractivity contribution in [1.82, 2.24) is 15.2 Å². The molecule has 1 aliphatic rings. The third kappa shape index (κ3) is 3.66. The van der Waals surface area contributed by atoms with E-state index in [4.69, 9.17) is 5.84 Å². The van der Waals surface area contributed by atoms with Crippen molar-refractivity contribution in [3.8, 4) is 0 Å². The summed E-state index contributed by atoms with van der Waals surface area (Å²) < 4.78 is 0. The molecule has 0 aromatic carbocycles. The third-order valence-corrected chi connectivity index (χ3v) is 3.66. The molecule has 0 bridgehead atoms. The van der Waals surface area contributed by atoms with Crippen molar-refractivity contribution in [1.29, 1.82) is 0 Å². The van der Waals surface area contributed by atoms with E-state index < -0.39 is 0 Å². The van der Waals surface area contributed by atoms with Gasteiger partial charge in [0.15, 0.2) is 0 Å². The van der Waals surface area contributed by atoms with Crippen molar-refractivity contribution in [2.75, 3.05) is 27.2 Å². The molecule has 1 rings (SSSR count). The second-order valence-electron chi connectivity index (χ2n) is 5.42. The van der Waals surface area contributed by atoms with Crippen molar-refractivity contribution < 1.29 is 4.79 Å². The number of amides is 1. The molecule has 100 valence electrons. The van der Waals surface area contributed by atoms with Crippen molar-refractivity contribution in [2.24, 2.45) is 11.8 Å². The van der Waals surface area contributed by atoms with Crippen LogP contribution < -0.4 is 11.3 Å². The Balaban J connectivity index is 2.69. The van der Waals surface area contributed by atoms with E-state index in [1.54, 1.807) is 0 Å². The molecule has 0 aromatic heterocycles. The fraction of sp³-hybridized carbons (Fsp3) is 0.917. The van der Waals surface area contributed by atoms with E-state index in [0.717, 1.165) is 19.5 Å². The predicted octanol–water partition coefficient (Wildman–Crippen LogP) is 0.0269. The Kier molecular flexibility index (Phi) is 5.36. The summed E-state index contributed by atoms with van der Waals surface area (Å²) in [7, 11) is 4.16. The fourth-order valence-corrected chi connectivity index (χ4v) is 2.74. The Morgan fingerprint density at radius 1 is 1.53 bits per heavy atom. The summed E-state index contributed by atoms with van der Waals surface area (Å²) in [5.74, 6) is 5.44. The van der Waals surface area contributed by atoms with Gasteiger partial charge >= 0.3 is 0 Å². The van der Waals surface area contributed by atoms with Crippen LogP contribution in [0.5, 0.6) is 0 Å². The summed E-state index contributed by atoms with van der Waals surface area (Å²) in [6.07, 6.45) is 2.35. The number of carbonyl (C=O) groups excluding carboxylic acids is 1. The molecule has 0 radical (unpaired) electrons. The van der Waals surface area contributed by atoms with Crippen LogP contribution in [0, 0.1) is 5.92 Å². The van der Waals surface area contributed by atoms with Crippen LogP contribution >= 0.6 is 0 Å². The number of likely N-dealkylation sites (tertiary alicyclic amines) is 1. The number of rotatable bonds is 4. The molecule has 0 saturated carbocycles. The maximum Gasteiger partial charge on any atom is 0.251 e. The van der Waals surface area contributed by atoms with Gasteiger partial charge in [-0.25, -0.2) is 5.84 Å². The molecule has 2 unspecified atom stereocenters. The van der Waals surface area contributed by atoms with Crippen LogP contribution in [0.1, 0.15) is 26.7 Å². The van der Waals surface area contributed by atoms with E-state index in [-0.39, 0.29) is 17.9 Å². The number of hydrogen-bond acceptors (Lipinski definition) is 4. The van der Waals surface area contributed by atoms with Crippen LogP contribution in [-0.2, 0) is 4.79 Å². The summed E-state index contributed by atoms with van der Waals surface area (Å²) >= 11 is 0. The van der Waals surface area contributed by atoms with Gasteiger partial charge in [0, 0.05) is 12.6 Å². The highest BCUT2D eigenvalue weighted by molar-refractivity contribution is 5.81. The molecule has 0 aromatic rings. The summed E-state index contributed by atoms with van der Waals surface area (Å²) in [6.45, 7) is 6.29. The zero-order chi connectivity index (χ0) is 13.0. The van der Waals surface area contributed by atoms with E-state index in [1.807, 2.05) is 7.05 Å². The maximum atomic E-state index is 11.8. The minimum Gasteiger partial charge on any atom is -0.305 e. The lowest BCUT2D eigenvalue weighted by Crippen LogP contribution is -2.56. The Labute approximate surface area is 104 Å². The van der Waals surface area contributed by atoms with Crippen molar-refractivity contribution in [3.05, 3.63) is 0 Å². The molecule has 5 nitrogen and oxygen atoms in total. The molecule has 5 heteroatoms. The zero-order valence-corrected chi connectivity index (χ0v) is 11.4. The number of piperidine rings is 1. The van der Waals surface area contributed by atoms with E-state index in [0.29, 0.717) is 6.04 Å². The molecule has 1 saturated heterocycles. The first-order chi connectivity index (χ1) is 7.97. The van der Waals surface area contributed by atoms with Gasteiger partial charge in [0.25, 0.3) is 5.91 Å². The second kappa shape index (κ2) is 6.33. The first-order valence-electron chi connectivity index (χ1n) is 6.38. The van der Waals surface area contributed by atoms with Gasteiger partial charge in [0.2, 0.25) is 0 Å². The molecular formula is C12H26N4O. The number of nitrogens with two attached hydrogens (primary N) is 1. The monoisotopic (exact) mass is 242 g/mol. The summed E-state index contributed by atoms with van der Waals surface area (Å²) in [4.78, 5) is 16.3. The minimum absolute atomic E-state index is 0.0873. The van der Waals surface area contributed by atoms with Gasteiger partial charge in [0.1, 0.15) is 0 Å².